The number of halogens is 1. The predicted octanol–water partition coefficient (Wildman–Crippen LogP) is -0.128. The molecular weight excluding hydrogens is 271 g/mol. The smallest absolute Gasteiger partial charge is 0.285 e. The van der Waals surface area contributed by atoms with E-state index < -0.39 is 5.91 Å². The molecule has 0 aliphatic rings. The third-order valence-corrected chi connectivity index (χ3v) is 1.82. The minimum atomic E-state index is -0.482. The number of nitrogen functional groups attached to an aromatic ring is 2. The molecule has 12 heavy (non-hydrogen) atoms. The zero-order chi connectivity index (χ0) is 9.14. The van der Waals surface area contributed by atoms with Gasteiger partial charge in [-0.2, -0.15) is 0 Å². The van der Waals surface area contributed by atoms with Crippen LogP contribution in [-0.4, -0.2) is 10.9 Å². The SMILES string of the molecule is NNC(=O)c1ncc(I)cc1N. The Morgan fingerprint density at radius 1 is 1.67 bits per heavy atom. The van der Waals surface area contributed by atoms with E-state index in [-0.39, 0.29) is 5.69 Å². The Morgan fingerprint density at radius 2 is 2.33 bits per heavy atom. The van der Waals surface area contributed by atoms with Crippen molar-refractivity contribution in [1.82, 2.24) is 10.4 Å². The molecule has 0 bridgehead atoms. The summed E-state index contributed by atoms with van der Waals surface area (Å²) < 4.78 is 0.874. The first-order chi connectivity index (χ1) is 5.65. The lowest BCUT2D eigenvalue weighted by atomic mass is 10.3. The molecule has 0 unspecified atom stereocenters. The summed E-state index contributed by atoms with van der Waals surface area (Å²) >= 11 is 2.05. The third kappa shape index (κ3) is 1.83. The van der Waals surface area contributed by atoms with Gasteiger partial charge in [-0.25, -0.2) is 10.8 Å². The van der Waals surface area contributed by atoms with Gasteiger partial charge in [0.1, 0.15) is 0 Å². The minimum Gasteiger partial charge on any atom is -0.397 e. The van der Waals surface area contributed by atoms with Crippen molar-refractivity contribution in [2.45, 2.75) is 0 Å². The average molecular weight is 278 g/mol. The van der Waals surface area contributed by atoms with Crippen LogP contribution >= 0.6 is 22.6 Å². The molecular formula is C6H7IN4O. The normalized spacial score (nSPS) is 9.50. The number of carbonyl (C=O) groups excluding carboxylic acids is 1. The standard InChI is InChI=1S/C6H7IN4O/c7-3-1-4(8)5(10-2-3)6(12)11-9/h1-2H,8-9H2,(H,11,12). The number of nitrogens with one attached hydrogen (secondary N) is 1. The van der Waals surface area contributed by atoms with E-state index in [1.165, 1.54) is 0 Å². The molecule has 6 heteroatoms. The first kappa shape index (κ1) is 9.20. The summed E-state index contributed by atoms with van der Waals surface area (Å²) in [6, 6.07) is 1.65. The van der Waals surface area contributed by atoms with Gasteiger partial charge < -0.3 is 5.73 Å². The number of pyridine rings is 1. The van der Waals surface area contributed by atoms with E-state index >= 15 is 0 Å². The summed E-state index contributed by atoms with van der Waals surface area (Å²) in [5.41, 5.74) is 7.95. The quantitative estimate of drug-likeness (QED) is 0.289. The molecule has 0 saturated carbocycles. The molecule has 1 heterocycles. The highest BCUT2D eigenvalue weighted by atomic mass is 127. The first-order valence-corrected chi connectivity index (χ1v) is 4.15. The summed E-state index contributed by atoms with van der Waals surface area (Å²) in [5.74, 6) is 4.43. The highest BCUT2D eigenvalue weighted by molar-refractivity contribution is 14.1. The Hall–Kier alpha value is -0.890. The molecule has 0 aliphatic heterocycles. The maximum Gasteiger partial charge on any atom is 0.285 e. The number of hydrogen-bond acceptors (Lipinski definition) is 4. The number of anilines is 1. The number of nitrogens with two attached hydrogens (primary N) is 2. The van der Waals surface area contributed by atoms with Gasteiger partial charge in [0.05, 0.1) is 5.69 Å². The van der Waals surface area contributed by atoms with Crippen molar-refractivity contribution >= 4 is 34.2 Å². The van der Waals surface area contributed by atoms with Crippen molar-refractivity contribution in [1.29, 1.82) is 0 Å². The monoisotopic (exact) mass is 278 g/mol. The predicted molar refractivity (Wildman–Crippen MR) is 53.0 cm³/mol. The van der Waals surface area contributed by atoms with Crippen molar-refractivity contribution in [3.8, 4) is 0 Å². The summed E-state index contributed by atoms with van der Waals surface area (Å²) in [5, 5.41) is 0. The lowest BCUT2D eigenvalue weighted by molar-refractivity contribution is 0.0949. The fraction of sp³-hybridized carbons (Fsp3) is 0. The van der Waals surface area contributed by atoms with Gasteiger partial charge >= 0.3 is 0 Å². The lowest BCUT2D eigenvalue weighted by Crippen LogP contribution is -2.31. The lowest BCUT2D eigenvalue weighted by Gasteiger charge is -2.02. The molecule has 5 N–H and O–H groups in total. The van der Waals surface area contributed by atoms with Gasteiger partial charge in [-0.05, 0) is 28.7 Å². The highest BCUT2D eigenvalue weighted by Gasteiger charge is 2.09. The summed E-state index contributed by atoms with van der Waals surface area (Å²) in [4.78, 5) is 14.8. The van der Waals surface area contributed by atoms with Gasteiger partial charge in [-0.3, -0.25) is 10.2 Å². The molecule has 1 aromatic heterocycles. The van der Waals surface area contributed by atoms with Crippen LogP contribution in [0.1, 0.15) is 10.5 Å². The second-order valence-corrected chi connectivity index (χ2v) is 3.31. The minimum absolute atomic E-state index is 0.151. The van der Waals surface area contributed by atoms with E-state index in [4.69, 9.17) is 11.6 Å². The molecule has 0 aliphatic carbocycles. The van der Waals surface area contributed by atoms with E-state index in [9.17, 15) is 4.79 Å². The van der Waals surface area contributed by atoms with Gasteiger partial charge in [0.2, 0.25) is 0 Å². The molecule has 1 rings (SSSR count). The van der Waals surface area contributed by atoms with Crippen LogP contribution in [0.3, 0.4) is 0 Å². The number of aromatic nitrogens is 1. The van der Waals surface area contributed by atoms with E-state index in [2.05, 4.69) is 27.6 Å². The van der Waals surface area contributed by atoms with Gasteiger partial charge in [-0.1, -0.05) is 0 Å². The molecule has 0 saturated heterocycles. The van der Waals surface area contributed by atoms with Gasteiger partial charge in [0, 0.05) is 9.77 Å². The number of hydrogen-bond donors (Lipinski definition) is 3. The van der Waals surface area contributed by atoms with Crippen LogP contribution in [0.2, 0.25) is 0 Å². The van der Waals surface area contributed by atoms with Gasteiger partial charge in [0.25, 0.3) is 5.91 Å². The van der Waals surface area contributed by atoms with E-state index in [0.717, 1.165) is 3.57 Å². The Kier molecular flexibility index (Phi) is 2.82. The van der Waals surface area contributed by atoms with Crippen LogP contribution in [0.5, 0.6) is 0 Å². The van der Waals surface area contributed by atoms with Crippen LogP contribution in [0.25, 0.3) is 0 Å². The third-order valence-electron chi connectivity index (χ3n) is 1.23. The van der Waals surface area contributed by atoms with Crippen molar-refractivity contribution < 1.29 is 4.79 Å². The molecule has 1 aromatic rings. The molecule has 64 valence electrons. The Bertz CT molecular complexity index is 314. The van der Waals surface area contributed by atoms with E-state index in [1.54, 1.807) is 12.3 Å². The number of rotatable bonds is 1. The van der Waals surface area contributed by atoms with Crippen LogP contribution in [0.15, 0.2) is 12.3 Å². The highest BCUT2D eigenvalue weighted by Crippen LogP contribution is 2.11. The number of amides is 1. The molecule has 0 atom stereocenters. The fourth-order valence-electron chi connectivity index (χ4n) is 0.713. The second-order valence-electron chi connectivity index (χ2n) is 2.06. The Labute approximate surface area is 82.6 Å². The van der Waals surface area contributed by atoms with Crippen LogP contribution in [-0.2, 0) is 0 Å². The fourth-order valence-corrected chi connectivity index (χ4v) is 1.19. The van der Waals surface area contributed by atoms with Crippen molar-refractivity contribution in [2.75, 3.05) is 5.73 Å². The molecule has 0 radical (unpaired) electrons. The second kappa shape index (κ2) is 3.68. The summed E-state index contributed by atoms with van der Waals surface area (Å²) in [6.07, 6.45) is 1.54. The van der Waals surface area contributed by atoms with Crippen LogP contribution in [0, 0.1) is 3.57 Å². The molecule has 0 fully saturated rings. The largest absolute Gasteiger partial charge is 0.397 e. The first-order valence-electron chi connectivity index (χ1n) is 3.07. The van der Waals surface area contributed by atoms with Gasteiger partial charge in [-0.15, -0.1) is 0 Å². The maximum absolute atomic E-state index is 11.0. The molecule has 0 spiro atoms. The molecule has 0 aromatic carbocycles. The number of carbonyl (C=O) groups is 1. The zero-order valence-electron chi connectivity index (χ0n) is 6.04. The van der Waals surface area contributed by atoms with Crippen LogP contribution < -0.4 is 17.0 Å². The van der Waals surface area contributed by atoms with Crippen molar-refractivity contribution in [2.24, 2.45) is 5.84 Å². The molecule has 5 nitrogen and oxygen atoms in total. The van der Waals surface area contributed by atoms with Crippen LogP contribution in [0.4, 0.5) is 5.69 Å². The number of nitrogens with zero attached hydrogens (tertiary/aromatic N) is 1. The summed E-state index contributed by atoms with van der Waals surface area (Å²) in [6.45, 7) is 0. The van der Waals surface area contributed by atoms with E-state index in [1.807, 2.05) is 5.43 Å². The van der Waals surface area contributed by atoms with Crippen molar-refractivity contribution in [3.05, 3.63) is 21.5 Å². The van der Waals surface area contributed by atoms with Gasteiger partial charge in [0.15, 0.2) is 5.69 Å². The number of hydrazine groups is 1. The van der Waals surface area contributed by atoms with E-state index in [0.29, 0.717) is 5.69 Å². The zero-order valence-corrected chi connectivity index (χ0v) is 8.20. The summed E-state index contributed by atoms with van der Waals surface area (Å²) in [7, 11) is 0. The molecule has 1 amide bonds. The average Bonchev–Trinajstić information content (AvgIpc) is 2.03. The Morgan fingerprint density at radius 3 is 2.83 bits per heavy atom. The maximum atomic E-state index is 11.0. The van der Waals surface area contributed by atoms with Crippen molar-refractivity contribution in [3.63, 3.8) is 0 Å². The topological polar surface area (TPSA) is 94.0 Å². The Balaban J connectivity index is 3.09.